The zero-order valence-electron chi connectivity index (χ0n) is 8.51. The molecule has 0 aliphatic heterocycles. The van der Waals surface area contributed by atoms with Gasteiger partial charge in [-0.3, -0.25) is 4.79 Å². The van der Waals surface area contributed by atoms with Gasteiger partial charge in [-0.1, -0.05) is 5.21 Å². The van der Waals surface area contributed by atoms with Crippen molar-refractivity contribution in [2.75, 3.05) is 0 Å². The lowest BCUT2D eigenvalue weighted by Crippen LogP contribution is -2.22. The fraction of sp³-hybridized carbons (Fsp3) is 0.111. The first-order valence-corrected chi connectivity index (χ1v) is 6.50. The van der Waals surface area contributed by atoms with Crippen LogP contribution >= 0.6 is 22.7 Å². The van der Waals surface area contributed by atoms with Crippen LogP contribution in [0.5, 0.6) is 0 Å². The standard InChI is InChI=1S/C9H7N5OS2/c15-9(10-4-8-11-13-14-12-8)7-3-6-5(17-7)1-2-16-6/h1-3H,4H2,(H,10,15)(H,11,12,13,14). The molecule has 0 saturated heterocycles. The molecule has 0 saturated carbocycles. The lowest BCUT2D eigenvalue weighted by Gasteiger charge is -1.98. The highest BCUT2D eigenvalue weighted by molar-refractivity contribution is 7.27. The average Bonchev–Trinajstić information content (AvgIpc) is 3.01. The summed E-state index contributed by atoms with van der Waals surface area (Å²) < 4.78 is 2.28. The Bertz CT molecular complexity index is 613. The first-order chi connectivity index (χ1) is 8.33. The van der Waals surface area contributed by atoms with Crippen LogP contribution in [-0.4, -0.2) is 26.5 Å². The Morgan fingerprint density at radius 2 is 2.41 bits per heavy atom. The van der Waals surface area contributed by atoms with Gasteiger partial charge < -0.3 is 5.32 Å². The molecule has 86 valence electrons. The molecule has 3 heterocycles. The van der Waals surface area contributed by atoms with Gasteiger partial charge in [0, 0.05) is 9.40 Å². The van der Waals surface area contributed by atoms with E-state index >= 15 is 0 Å². The van der Waals surface area contributed by atoms with E-state index < -0.39 is 0 Å². The van der Waals surface area contributed by atoms with Crippen LogP contribution < -0.4 is 5.32 Å². The summed E-state index contributed by atoms with van der Waals surface area (Å²) >= 11 is 3.12. The topological polar surface area (TPSA) is 83.6 Å². The molecular formula is C9H7N5OS2. The number of amides is 1. The number of thiophene rings is 2. The van der Waals surface area contributed by atoms with Crippen LogP contribution in [0.2, 0.25) is 0 Å². The van der Waals surface area contributed by atoms with E-state index in [1.54, 1.807) is 11.3 Å². The van der Waals surface area contributed by atoms with Gasteiger partial charge in [0.2, 0.25) is 0 Å². The molecule has 0 fully saturated rings. The number of tetrazole rings is 1. The lowest BCUT2D eigenvalue weighted by atomic mass is 10.4. The van der Waals surface area contributed by atoms with Crippen LogP contribution in [0.15, 0.2) is 17.5 Å². The van der Waals surface area contributed by atoms with Crippen LogP contribution in [0.1, 0.15) is 15.5 Å². The molecule has 0 unspecified atom stereocenters. The molecule has 0 spiro atoms. The van der Waals surface area contributed by atoms with Gasteiger partial charge in [0.15, 0.2) is 5.82 Å². The van der Waals surface area contributed by atoms with Crippen LogP contribution in [-0.2, 0) is 6.54 Å². The highest BCUT2D eigenvalue weighted by Crippen LogP contribution is 2.29. The second-order valence-electron chi connectivity index (χ2n) is 3.27. The van der Waals surface area contributed by atoms with E-state index in [9.17, 15) is 4.79 Å². The minimum Gasteiger partial charge on any atom is -0.344 e. The van der Waals surface area contributed by atoms with E-state index in [0.717, 1.165) is 9.40 Å². The zero-order chi connectivity index (χ0) is 11.7. The van der Waals surface area contributed by atoms with Crippen LogP contribution in [0, 0.1) is 0 Å². The van der Waals surface area contributed by atoms with E-state index in [1.807, 2.05) is 17.5 Å². The first kappa shape index (κ1) is 10.4. The van der Waals surface area contributed by atoms with E-state index in [4.69, 9.17) is 0 Å². The molecule has 0 aromatic carbocycles. The van der Waals surface area contributed by atoms with E-state index in [2.05, 4.69) is 25.9 Å². The maximum absolute atomic E-state index is 11.8. The third-order valence-electron chi connectivity index (χ3n) is 2.16. The Balaban J connectivity index is 1.72. The molecule has 6 nitrogen and oxygen atoms in total. The number of aromatic amines is 1. The van der Waals surface area contributed by atoms with Crippen molar-refractivity contribution in [3.05, 3.63) is 28.2 Å². The summed E-state index contributed by atoms with van der Waals surface area (Å²) in [6.07, 6.45) is 0. The van der Waals surface area contributed by atoms with E-state index in [-0.39, 0.29) is 12.5 Å². The summed E-state index contributed by atoms with van der Waals surface area (Å²) in [7, 11) is 0. The number of hydrogen-bond donors (Lipinski definition) is 2. The normalized spacial score (nSPS) is 10.8. The summed E-state index contributed by atoms with van der Waals surface area (Å²) in [5, 5.41) is 18.0. The highest BCUT2D eigenvalue weighted by atomic mass is 32.1. The van der Waals surface area contributed by atoms with Gasteiger partial charge in [0.05, 0.1) is 11.4 Å². The molecule has 3 aromatic heterocycles. The van der Waals surface area contributed by atoms with Crippen molar-refractivity contribution in [1.82, 2.24) is 25.9 Å². The van der Waals surface area contributed by atoms with Gasteiger partial charge in [-0.05, 0) is 17.5 Å². The summed E-state index contributed by atoms with van der Waals surface area (Å²) in [5.41, 5.74) is 0. The van der Waals surface area contributed by atoms with Gasteiger partial charge in [0.1, 0.15) is 0 Å². The number of carbonyl (C=O) groups is 1. The number of carbonyl (C=O) groups excluding carboxylic acids is 1. The fourth-order valence-corrected chi connectivity index (χ4v) is 3.41. The molecule has 8 heteroatoms. The van der Waals surface area contributed by atoms with Crippen molar-refractivity contribution in [3.63, 3.8) is 0 Å². The second kappa shape index (κ2) is 4.22. The Hall–Kier alpha value is -1.80. The fourth-order valence-electron chi connectivity index (χ4n) is 1.38. The maximum atomic E-state index is 11.8. The molecule has 0 radical (unpaired) electrons. The van der Waals surface area contributed by atoms with Gasteiger partial charge in [-0.25, -0.2) is 0 Å². The Kier molecular flexibility index (Phi) is 2.57. The molecule has 0 aliphatic rings. The van der Waals surface area contributed by atoms with E-state index in [1.165, 1.54) is 11.3 Å². The van der Waals surface area contributed by atoms with Crippen molar-refractivity contribution < 1.29 is 4.79 Å². The monoisotopic (exact) mass is 265 g/mol. The third kappa shape index (κ3) is 2.04. The molecule has 3 rings (SSSR count). The smallest absolute Gasteiger partial charge is 0.261 e. The number of H-pyrrole nitrogens is 1. The quantitative estimate of drug-likeness (QED) is 0.750. The Labute approximate surface area is 104 Å². The zero-order valence-corrected chi connectivity index (χ0v) is 10.1. The Morgan fingerprint density at radius 3 is 3.18 bits per heavy atom. The third-order valence-corrected chi connectivity index (χ3v) is 4.25. The molecule has 17 heavy (non-hydrogen) atoms. The van der Waals surface area contributed by atoms with Crippen LogP contribution in [0.4, 0.5) is 0 Å². The van der Waals surface area contributed by atoms with Crippen molar-refractivity contribution in [3.8, 4) is 0 Å². The van der Waals surface area contributed by atoms with Gasteiger partial charge in [-0.15, -0.1) is 32.9 Å². The molecule has 0 bridgehead atoms. The van der Waals surface area contributed by atoms with Crippen molar-refractivity contribution in [2.45, 2.75) is 6.54 Å². The number of fused-ring (bicyclic) bond motifs is 1. The van der Waals surface area contributed by atoms with Gasteiger partial charge in [-0.2, -0.15) is 5.21 Å². The number of nitrogens with one attached hydrogen (secondary N) is 2. The van der Waals surface area contributed by atoms with E-state index in [0.29, 0.717) is 10.7 Å². The van der Waals surface area contributed by atoms with Crippen molar-refractivity contribution in [2.24, 2.45) is 0 Å². The summed E-state index contributed by atoms with van der Waals surface area (Å²) in [6.45, 7) is 0.279. The summed E-state index contributed by atoms with van der Waals surface area (Å²) in [6, 6.07) is 3.91. The predicted octanol–water partition coefficient (Wildman–Crippen LogP) is 1.41. The molecule has 0 aliphatic carbocycles. The molecule has 2 N–H and O–H groups in total. The largest absolute Gasteiger partial charge is 0.344 e. The molecular weight excluding hydrogens is 258 g/mol. The summed E-state index contributed by atoms with van der Waals surface area (Å²) in [4.78, 5) is 12.5. The first-order valence-electron chi connectivity index (χ1n) is 4.80. The molecule has 1 amide bonds. The molecule has 0 atom stereocenters. The average molecular weight is 265 g/mol. The predicted molar refractivity (Wildman–Crippen MR) is 65.0 cm³/mol. The summed E-state index contributed by atoms with van der Waals surface area (Å²) in [5.74, 6) is 0.361. The number of rotatable bonds is 3. The number of nitrogens with zero attached hydrogens (tertiary/aromatic N) is 3. The minimum absolute atomic E-state index is 0.108. The number of hydrogen-bond acceptors (Lipinski definition) is 6. The maximum Gasteiger partial charge on any atom is 0.261 e. The van der Waals surface area contributed by atoms with Crippen molar-refractivity contribution >= 4 is 38.0 Å². The minimum atomic E-state index is -0.108. The SMILES string of the molecule is O=C(NCc1nn[nH]n1)c1cc2sccc2s1. The number of aromatic nitrogens is 4. The highest BCUT2D eigenvalue weighted by Gasteiger charge is 2.11. The van der Waals surface area contributed by atoms with Crippen LogP contribution in [0.25, 0.3) is 9.40 Å². The van der Waals surface area contributed by atoms with Crippen molar-refractivity contribution in [1.29, 1.82) is 0 Å². The van der Waals surface area contributed by atoms with Gasteiger partial charge >= 0.3 is 0 Å². The van der Waals surface area contributed by atoms with Gasteiger partial charge in [0.25, 0.3) is 5.91 Å². The lowest BCUT2D eigenvalue weighted by molar-refractivity contribution is 0.0954. The van der Waals surface area contributed by atoms with Crippen LogP contribution in [0.3, 0.4) is 0 Å². The second-order valence-corrected chi connectivity index (χ2v) is 5.30. The molecule has 3 aromatic rings. The Morgan fingerprint density at radius 1 is 1.47 bits per heavy atom.